The molecule has 0 aliphatic rings. The van der Waals surface area contributed by atoms with Crippen LogP contribution >= 0.6 is 0 Å². The minimum absolute atomic E-state index is 0.0558. The molecule has 1 atom stereocenters. The molecular weight excluding hydrogens is 300 g/mol. The molecule has 0 heterocycles. The number of phenols is 2. The molecule has 0 fully saturated rings. The van der Waals surface area contributed by atoms with Crippen LogP contribution in [-0.4, -0.2) is 21.4 Å². The molecule has 0 saturated carbocycles. The Hall–Kier alpha value is -1.74. The largest absolute Gasteiger partial charge is 0.508 e. The third-order valence-electron chi connectivity index (χ3n) is 4.31. The van der Waals surface area contributed by atoms with Crippen molar-refractivity contribution >= 4 is 0 Å². The van der Waals surface area contributed by atoms with Gasteiger partial charge in [-0.1, -0.05) is 43.6 Å². The summed E-state index contributed by atoms with van der Waals surface area (Å²) in [4.78, 5) is 0. The molecule has 0 bridgehead atoms. The van der Waals surface area contributed by atoms with Crippen molar-refractivity contribution in [2.75, 3.05) is 0 Å². The molecule has 1 rings (SSSR count). The normalized spacial score (nSPS) is 12.0. The number of phenolic OH excluding ortho intramolecular Hbond substituents is 2. The molecule has 0 amide bonds. The van der Waals surface area contributed by atoms with Gasteiger partial charge >= 0.3 is 0 Å². The minimum Gasteiger partial charge on any atom is -0.508 e. The average Bonchev–Trinajstić information content (AvgIpc) is 2.50. The van der Waals surface area contributed by atoms with Gasteiger partial charge in [0.25, 0.3) is 0 Å². The monoisotopic (exact) mass is 332 g/mol. The molecule has 0 aromatic heterocycles. The topological polar surface area (TPSA) is 60.7 Å². The Balaban J connectivity index is 3.25. The zero-order valence-corrected chi connectivity index (χ0v) is 15.5. The predicted molar refractivity (Wildman–Crippen MR) is 101 cm³/mol. The van der Waals surface area contributed by atoms with Crippen molar-refractivity contribution in [3.8, 4) is 11.5 Å². The molecular formula is C21H32O3. The lowest BCUT2D eigenvalue weighted by molar-refractivity contribution is 0.209. The van der Waals surface area contributed by atoms with Crippen molar-refractivity contribution in [1.82, 2.24) is 0 Å². The smallest absolute Gasteiger partial charge is 0.126 e. The molecule has 0 radical (unpaired) electrons. The predicted octanol–water partition coefficient (Wildman–Crippen LogP) is 4.82. The molecule has 0 saturated heterocycles. The number of rotatable bonds is 9. The maximum Gasteiger partial charge on any atom is 0.126 e. The lowest BCUT2D eigenvalue weighted by Crippen LogP contribution is -2.12. The highest BCUT2D eigenvalue weighted by atomic mass is 16.3. The molecule has 3 heteroatoms. The van der Waals surface area contributed by atoms with Gasteiger partial charge in [-0.15, -0.1) is 0 Å². The Morgan fingerprint density at radius 3 is 2.38 bits per heavy atom. The summed E-state index contributed by atoms with van der Waals surface area (Å²) in [7, 11) is 0. The number of aliphatic hydroxyl groups is 1. The van der Waals surface area contributed by atoms with Crippen LogP contribution in [0, 0.1) is 0 Å². The van der Waals surface area contributed by atoms with Gasteiger partial charge in [0, 0.05) is 17.5 Å². The highest BCUT2D eigenvalue weighted by molar-refractivity contribution is 5.54. The SMILES string of the molecule is C=C(C)[C@@H](O)Cc1c(O)cc(CCCCC)c(CC=C(C)C)c1O. The number of unbranched alkanes of at least 4 members (excludes halogenated alkanes) is 2. The number of aliphatic hydroxyl groups excluding tert-OH is 1. The zero-order valence-electron chi connectivity index (χ0n) is 15.5. The fraction of sp³-hybridized carbons (Fsp3) is 0.524. The van der Waals surface area contributed by atoms with E-state index in [1.165, 1.54) is 5.57 Å². The van der Waals surface area contributed by atoms with Crippen molar-refractivity contribution in [3.05, 3.63) is 46.6 Å². The third kappa shape index (κ3) is 5.72. The van der Waals surface area contributed by atoms with E-state index in [1.807, 2.05) is 13.8 Å². The summed E-state index contributed by atoms with van der Waals surface area (Å²) in [6.07, 6.45) is 6.23. The van der Waals surface area contributed by atoms with Gasteiger partial charge in [0.15, 0.2) is 0 Å². The van der Waals surface area contributed by atoms with Crippen LogP contribution in [0.15, 0.2) is 29.9 Å². The number of hydrogen-bond acceptors (Lipinski definition) is 3. The Bertz CT molecular complexity index is 596. The molecule has 3 N–H and O–H groups in total. The summed E-state index contributed by atoms with van der Waals surface area (Å²) in [5.41, 5.74) is 4.05. The molecule has 24 heavy (non-hydrogen) atoms. The van der Waals surface area contributed by atoms with E-state index in [1.54, 1.807) is 13.0 Å². The first-order valence-corrected chi connectivity index (χ1v) is 8.80. The fourth-order valence-corrected chi connectivity index (χ4v) is 2.69. The Labute approximate surface area is 146 Å². The van der Waals surface area contributed by atoms with Crippen LogP contribution in [0.3, 0.4) is 0 Å². The van der Waals surface area contributed by atoms with Crippen LogP contribution in [0.4, 0.5) is 0 Å². The van der Waals surface area contributed by atoms with Crippen LogP contribution in [0.5, 0.6) is 11.5 Å². The van der Waals surface area contributed by atoms with Gasteiger partial charge in [-0.05, 0) is 51.7 Å². The van der Waals surface area contributed by atoms with Gasteiger partial charge in [-0.2, -0.15) is 0 Å². The van der Waals surface area contributed by atoms with E-state index in [4.69, 9.17) is 0 Å². The van der Waals surface area contributed by atoms with Gasteiger partial charge in [-0.25, -0.2) is 0 Å². The van der Waals surface area contributed by atoms with E-state index < -0.39 is 6.10 Å². The van der Waals surface area contributed by atoms with Crippen LogP contribution in [0.1, 0.15) is 63.6 Å². The number of aromatic hydroxyl groups is 2. The molecule has 134 valence electrons. The number of aryl methyl sites for hydroxylation is 1. The van der Waals surface area contributed by atoms with Crippen LogP contribution in [0.2, 0.25) is 0 Å². The van der Waals surface area contributed by atoms with Crippen LogP contribution in [-0.2, 0) is 19.3 Å². The first kappa shape index (κ1) is 20.3. The van der Waals surface area contributed by atoms with E-state index in [-0.39, 0.29) is 17.9 Å². The Morgan fingerprint density at radius 1 is 1.17 bits per heavy atom. The van der Waals surface area contributed by atoms with Gasteiger partial charge in [0.1, 0.15) is 11.5 Å². The average molecular weight is 332 g/mol. The second-order valence-electron chi connectivity index (χ2n) is 6.87. The first-order chi connectivity index (χ1) is 11.3. The summed E-state index contributed by atoms with van der Waals surface area (Å²) < 4.78 is 0. The van der Waals surface area contributed by atoms with Gasteiger partial charge in [0.05, 0.1) is 6.10 Å². The number of hydrogen-bond donors (Lipinski definition) is 3. The van der Waals surface area contributed by atoms with E-state index in [2.05, 4.69) is 19.6 Å². The maximum absolute atomic E-state index is 10.7. The quantitative estimate of drug-likeness (QED) is 0.449. The molecule has 3 nitrogen and oxygen atoms in total. The maximum atomic E-state index is 10.7. The summed E-state index contributed by atoms with van der Waals surface area (Å²) in [6, 6.07) is 1.75. The summed E-state index contributed by atoms with van der Waals surface area (Å²) in [6.45, 7) is 11.7. The van der Waals surface area contributed by atoms with Crippen molar-refractivity contribution in [1.29, 1.82) is 0 Å². The summed E-state index contributed by atoms with van der Waals surface area (Å²) in [5.74, 6) is 0.166. The van der Waals surface area contributed by atoms with E-state index in [0.717, 1.165) is 36.8 Å². The Morgan fingerprint density at radius 2 is 1.83 bits per heavy atom. The number of benzene rings is 1. The van der Waals surface area contributed by atoms with Crippen LogP contribution in [0.25, 0.3) is 0 Å². The second-order valence-corrected chi connectivity index (χ2v) is 6.87. The minimum atomic E-state index is -0.774. The summed E-state index contributed by atoms with van der Waals surface area (Å²) in [5, 5.41) is 31.1. The molecule has 0 aliphatic heterocycles. The van der Waals surface area contributed by atoms with Crippen molar-refractivity contribution in [2.45, 2.75) is 72.3 Å². The molecule has 1 aromatic rings. The highest BCUT2D eigenvalue weighted by Gasteiger charge is 2.19. The van der Waals surface area contributed by atoms with Crippen LogP contribution < -0.4 is 0 Å². The number of allylic oxidation sites excluding steroid dienone is 2. The molecule has 0 spiro atoms. The van der Waals surface area contributed by atoms with Gasteiger partial charge in [0.2, 0.25) is 0 Å². The van der Waals surface area contributed by atoms with Crippen molar-refractivity contribution < 1.29 is 15.3 Å². The summed E-state index contributed by atoms with van der Waals surface area (Å²) >= 11 is 0. The van der Waals surface area contributed by atoms with E-state index in [9.17, 15) is 15.3 Å². The fourth-order valence-electron chi connectivity index (χ4n) is 2.69. The van der Waals surface area contributed by atoms with Gasteiger partial charge < -0.3 is 15.3 Å². The molecule has 1 aromatic carbocycles. The van der Waals surface area contributed by atoms with Crippen molar-refractivity contribution in [3.63, 3.8) is 0 Å². The second kappa shape index (κ2) is 9.53. The van der Waals surface area contributed by atoms with Crippen molar-refractivity contribution in [2.24, 2.45) is 0 Å². The zero-order chi connectivity index (χ0) is 18.3. The molecule has 0 unspecified atom stereocenters. The highest BCUT2D eigenvalue weighted by Crippen LogP contribution is 2.36. The first-order valence-electron chi connectivity index (χ1n) is 8.80. The van der Waals surface area contributed by atoms with E-state index in [0.29, 0.717) is 17.6 Å². The van der Waals surface area contributed by atoms with E-state index >= 15 is 0 Å². The standard InChI is InChI=1S/C21H32O3/c1-6-7-8-9-16-12-20(23)18(13-19(22)15(4)5)21(24)17(16)11-10-14(2)3/h10,12,19,22-24H,4,6-9,11,13H2,1-3,5H3/t19-/m0/s1. The van der Waals surface area contributed by atoms with Gasteiger partial charge in [-0.3, -0.25) is 0 Å². The third-order valence-corrected chi connectivity index (χ3v) is 4.31. The molecule has 0 aliphatic carbocycles. The lowest BCUT2D eigenvalue weighted by Gasteiger charge is -2.18. The Kier molecular flexibility index (Phi) is 8.06. The lowest BCUT2D eigenvalue weighted by atomic mass is 9.91.